The van der Waals surface area contributed by atoms with Crippen LogP contribution in [0.15, 0.2) is 0 Å². The van der Waals surface area contributed by atoms with Gasteiger partial charge in [-0.15, -0.1) is 0 Å². The summed E-state index contributed by atoms with van der Waals surface area (Å²) in [5, 5.41) is 3.25. The molecular formula is C13H28N2O2S. The molecule has 0 radical (unpaired) electrons. The monoisotopic (exact) mass is 276 g/mol. The fraction of sp³-hybridized carbons (Fsp3) is 1.00. The first-order valence-corrected chi connectivity index (χ1v) is 8.78. The molecule has 1 aliphatic carbocycles. The molecule has 4 nitrogen and oxygen atoms in total. The first-order chi connectivity index (χ1) is 8.47. The maximum atomic E-state index is 12.3. The fourth-order valence-electron chi connectivity index (χ4n) is 2.01. The van der Waals surface area contributed by atoms with Gasteiger partial charge in [0.25, 0.3) is 0 Å². The van der Waals surface area contributed by atoms with Gasteiger partial charge in [-0.1, -0.05) is 20.8 Å². The quantitative estimate of drug-likeness (QED) is 0.619. The van der Waals surface area contributed by atoms with Crippen LogP contribution in [0.4, 0.5) is 0 Å². The maximum absolute atomic E-state index is 12.3. The van der Waals surface area contributed by atoms with E-state index in [0.29, 0.717) is 24.9 Å². The average Bonchev–Trinajstić information content (AvgIpc) is 3.09. The smallest absolute Gasteiger partial charge is 0.214 e. The van der Waals surface area contributed by atoms with E-state index in [-0.39, 0.29) is 5.75 Å². The molecule has 0 unspecified atom stereocenters. The molecule has 108 valence electrons. The van der Waals surface area contributed by atoms with E-state index < -0.39 is 10.0 Å². The van der Waals surface area contributed by atoms with Gasteiger partial charge >= 0.3 is 0 Å². The summed E-state index contributed by atoms with van der Waals surface area (Å²) in [5.41, 5.74) is 0. The lowest BCUT2D eigenvalue weighted by Crippen LogP contribution is -2.38. The molecule has 0 aromatic rings. The third-order valence-corrected chi connectivity index (χ3v) is 5.01. The minimum atomic E-state index is -3.05. The molecular weight excluding hydrogens is 248 g/mol. The summed E-state index contributed by atoms with van der Waals surface area (Å²) in [7, 11) is -3.05. The highest BCUT2D eigenvalue weighted by Gasteiger charge is 2.36. The highest BCUT2D eigenvalue weighted by molar-refractivity contribution is 7.89. The predicted molar refractivity (Wildman–Crippen MR) is 76.1 cm³/mol. The topological polar surface area (TPSA) is 49.4 Å². The van der Waals surface area contributed by atoms with Crippen LogP contribution in [0.5, 0.6) is 0 Å². The molecule has 1 N–H and O–H groups in total. The van der Waals surface area contributed by atoms with Gasteiger partial charge in [-0.05, 0) is 44.7 Å². The zero-order valence-electron chi connectivity index (χ0n) is 12.0. The fourth-order valence-corrected chi connectivity index (χ4v) is 3.94. The Kier molecular flexibility index (Phi) is 6.60. The summed E-state index contributed by atoms with van der Waals surface area (Å²) in [4.78, 5) is 0. The van der Waals surface area contributed by atoms with Crippen molar-refractivity contribution < 1.29 is 8.42 Å². The Labute approximate surface area is 112 Å². The van der Waals surface area contributed by atoms with E-state index in [9.17, 15) is 8.42 Å². The molecule has 0 spiro atoms. The summed E-state index contributed by atoms with van der Waals surface area (Å²) < 4.78 is 26.3. The summed E-state index contributed by atoms with van der Waals surface area (Å²) in [6.45, 7) is 8.71. The molecule has 0 heterocycles. The lowest BCUT2D eigenvalue weighted by molar-refractivity contribution is 0.359. The second kappa shape index (κ2) is 7.46. The zero-order chi connectivity index (χ0) is 13.6. The number of rotatable bonds is 10. The van der Waals surface area contributed by atoms with Gasteiger partial charge in [0.1, 0.15) is 0 Å². The van der Waals surface area contributed by atoms with Crippen LogP contribution in [-0.4, -0.2) is 44.2 Å². The number of hydrogen-bond acceptors (Lipinski definition) is 3. The molecule has 0 atom stereocenters. The first-order valence-electron chi connectivity index (χ1n) is 7.17. The van der Waals surface area contributed by atoms with Crippen molar-refractivity contribution in [1.29, 1.82) is 0 Å². The van der Waals surface area contributed by atoms with Crippen LogP contribution >= 0.6 is 0 Å². The third-order valence-electron chi connectivity index (χ3n) is 3.04. The Morgan fingerprint density at radius 1 is 1.28 bits per heavy atom. The van der Waals surface area contributed by atoms with Crippen LogP contribution in [0.3, 0.4) is 0 Å². The van der Waals surface area contributed by atoms with Gasteiger partial charge in [-0.25, -0.2) is 8.42 Å². The summed E-state index contributed by atoms with van der Waals surface area (Å²) in [6.07, 6.45) is 3.89. The molecule has 0 saturated heterocycles. The van der Waals surface area contributed by atoms with Crippen LogP contribution in [0.25, 0.3) is 0 Å². The number of nitrogens with zero attached hydrogens (tertiary/aromatic N) is 1. The second-order valence-corrected chi connectivity index (χ2v) is 7.66. The highest BCUT2D eigenvalue weighted by atomic mass is 32.2. The molecule has 1 rings (SSSR count). The van der Waals surface area contributed by atoms with Gasteiger partial charge in [-0.3, -0.25) is 0 Å². The molecule has 1 saturated carbocycles. The van der Waals surface area contributed by atoms with Crippen molar-refractivity contribution in [3.05, 3.63) is 0 Å². The molecule has 0 aliphatic heterocycles. The van der Waals surface area contributed by atoms with Crippen LogP contribution in [0, 0.1) is 5.92 Å². The van der Waals surface area contributed by atoms with Gasteiger partial charge in [-0.2, -0.15) is 4.31 Å². The second-order valence-electron chi connectivity index (χ2n) is 5.61. The van der Waals surface area contributed by atoms with E-state index in [0.717, 1.165) is 32.4 Å². The molecule has 0 aromatic carbocycles. The Balaban J connectivity index is 2.39. The van der Waals surface area contributed by atoms with E-state index in [1.165, 1.54) is 0 Å². The predicted octanol–water partition coefficient (Wildman–Crippen LogP) is 1.83. The zero-order valence-corrected chi connectivity index (χ0v) is 12.8. The minimum Gasteiger partial charge on any atom is -0.317 e. The van der Waals surface area contributed by atoms with Gasteiger partial charge in [0, 0.05) is 12.6 Å². The van der Waals surface area contributed by atoms with E-state index in [2.05, 4.69) is 26.1 Å². The molecule has 0 aromatic heterocycles. The number of hydrogen-bond donors (Lipinski definition) is 1. The van der Waals surface area contributed by atoms with Crippen molar-refractivity contribution in [1.82, 2.24) is 9.62 Å². The van der Waals surface area contributed by atoms with Crippen molar-refractivity contribution in [2.45, 2.75) is 52.5 Å². The van der Waals surface area contributed by atoms with E-state index in [1.807, 2.05) is 0 Å². The molecule has 0 amide bonds. The van der Waals surface area contributed by atoms with Gasteiger partial charge < -0.3 is 5.32 Å². The summed E-state index contributed by atoms with van der Waals surface area (Å²) in [6, 6.07) is 0.293. The molecule has 5 heteroatoms. The van der Waals surface area contributed by atoms with E-state index >= 15 is 0 Å². The molecule has 18 heavy (non-hydrogen) atoms. The number of nitrogens with one attached hydrogen (secondary N) is 1. The van der Waals surface area contributed by atoms with Crippen molar-refractivity contribution >= 4 is 10.0 Å². The Bertz CT molecular complexity index is 324. The molecule has 1 fully saturated rings. The van der Waals surface area contributed by atoms with Gasteiger partial charge in [0.15, 0.2) is 0 Å². The lowest BCUT2D eigenvalue weighted by atomic mass is 10.2. The van der Waals surface area contributed by atoms with Crippen LogP contribution in [0.1, 0.15) is 46.5 Å². The van der Waals surface area contributed by atoms with Crippen molar-refractivity contribution in [2.75, 3.05) is 25.4 Å². The van der Waals surface area contributed by atoms with Gasteiger partial charge in [0.2, 0.25) is 10.0 Å². The van der Waals surface area contributed by atoms with Crippen LogP contribution in [-0.2, 0) is 10.0 Å². The van der Waals surface area contributed by atoms with Crippen molar-refractivity contribution in [3.63, 3.8) is 0 Å². The normalized spacial score (nSPS) is 16.7. The van der Waals surface area contributed by atoms with E-state index in [1.54, 1.807) is 4.31 Å². The van der Waals surface area contributed by atoms with Crippen molar-refractivity contribution in [2.24, 2.45) is 5.92 Å². The van der Waals surface area contributed by atoms with E-state index in [4.69, 9.17) is 0 Å². The summed E-state index contributed by atoms with van der Waals surface area (Å²) >= 11 is 0. The average molecular weight is 276 g/mol. The minimum absolute atomic E-state index is 0.285. The molecule has 0 bridgehead atoms. The highest BCUT2D eigenvalue weighted by Crippen LogP contribution is 2.30. The largest absolute Gasteiger partial charge is 0.317 e. The van der Waals surface area contributed by atoms with Crippen LogP contribution < -0.4 is 5.32 Å². The SMILES string of the molecule is CCCNCCCS(=O)(=O)N(CC(C)C)C1CC1. The number of sulfonamides is 1. The van der Waals surface area contributed by atoms with Gasteiger partial charge in [0.05, 0.1) is 5.75 Å². The van der Waals surface area contributed by atoms with Crippen LogP contribution in [0.2, 0.25) is 0 Å². The first kappa shape index (κ1) is 15.9. The standard InChI is InChI=1S/C13H28N2O2S/c1-4-8-14-9-5-10-18(16,17)15(11-12(2)3)13-6-7-13/h12-14H,4-11H2,1-3H3. The Morgan fingerprint density at radius 2 is 1.94 bits per heavy atom. The third kappa shape index (κ3) is 5.67. The Hall–Kier alpha value is -0.130. The molecule has 1 aliphatic rings. The lowest BCUT2D eigenvalue weighted by Gasteiger charge is -2.23. The van der Waals surface area contributed by atoms with Crippen molar-refractivity contribution in [3.8, 4) is 0 Å². The Morgan fingerprint density at radius 3 is 2.44 bits per heavy atom. The summed E-state index contributed by atoms with van der Waals surface area (Å²) in [5.74, 6) is 0.686. The maximum Gasteiger partial charge on any atom is 0.214 e.